The fraction of sp³-hybridized carbons (Fsp3) is 0.588. The van der Waals surface area contributed by atoms with Crippen molar-refractivity contribution in [2.45, 2.75) is 37.8 Å². The van der Waals surface area contributed by atoms with Crippen LogP contribution in [-0.2, 0) is 0 Å². The zero-order valence-electron chi connectivity index (χ0n) is 13.0. The Kier molecular flexibility index (Phi) is 4.15. The summed E-state index contributed by atoms with van der Waals surface area (Å²) in [5.74, 6) is 0.0595. The van der Waals surface area contributed by atoms with Gasteiger partial charge in [-0.1, -0.05) is 6.07 Å². The summed E-state index contributed by atoms with van der Waals surface area (Å²) in [6.45, 7) is 2.49. The summed E-state index contributed by atoms with van der Waals surface area (Å²) in [6, 6.07) is 9.19. The summed E-state index contributed by atoms with van der Waals surface area (Å²) in [6.07, 6.45) is 5.12. The van der Waals surface area contributed by atoms with Crippen molar-refractivity contribution >= 4 is 11.6 Å². The number of rotatable bonds is 3. The lowest BCUT2D eigenvalue weighted by molar-refractivity contribution is 0.0827. The van der Waals surface area contributed by atoms with Crippen molar-refractivity contribution in [3.8, 4) is 0 Å². The molecule has 0 radical (unpaired) electrons. The SMILES string of the molecule is CN(C)C(=O)c1cccc(NC2CCN3CCCC3C2)c1. The first-order chi connectivity index (χ1) is 10.1. The van der Waals surface area contributed by atoms with E-state index in [2.05, 4.69) is 16.3 Å². The second kappa shape index (κ2) is 6.06. The lowest BCUT2D eigenvalue weighted by Gasteiger charge is -2.35. The summed E-state index contributed by atoms with van der Waals surface area (Å²) in [5, 5.41) is 3.63. The molecule has 2 aliphatic rings. The summed E-state index contributed by atoms with van der Waals surface area (Å²) < 4.78 is 0. The maximum Gasteiger partial charge on any atom is 0.253 e. The number of amides is 1. The van der Waals surface area contributed by atoms with E-state index < -0.39 is 0 Å². The maximum atomic E-state index is 12.0. The van der Waals surface area contributed by atoms with Crippen LogP contribution in [-0.4, -0.2) is 55.0 Å². The van der Waals surface area contributed by atoms with E-state index in [1.807, 2.05) is 18.2 Å². The van der Waals surface area contributed by atoms with Crippen LogP contribution in [0.25, 0.3) is 0 Å². The minimum Gasteiger partial charge on any atom is -0.382 e. The van der Waals surface area contributed by atoms with Gasteiger partial charge in [-0.25, -0.2) is 0 Å². The lowest BCUT2D eigenvalue weighted by atomic mass is 9.97. The van der Waals surface area contributed by atoms with Crippen molar-refractivity contribution in [2.24, 2.45) is 0 Å². The molecule has 4 heteroatoms. The number of carbonyl (C=O) groups excluding carboxylic acids is 1. The Hall–Kier alpha value is -1.55. The van der Waals surface area contributed by atoms with Crippen LogP contribution in [0.4, 0.5) is 5.69 Å². The highest BCUT2D eigenvalue weighted by Gasteiger charge is 2.31. The molecular weight excluding hydrogens is 262 g/mol. The van der Waals surface area contributed by atoms with E-state index in [9.17, 15) is 4.79 Å². The molecule has 1 aromatic rings. The van der Waals surface area contributed by atoms with E-state index in [-0.39, 0.29) is 5.91 Å². The van der Waals surface area contributed by atoms with Crippen molar-refractivity contribution in [1.82, 2.24) is 9.80 Å². The zero-order valence-corrected chi connectivity index (χ0v) is 13.0. The van der Waals surface area contributed by atoms with Crippen LogP contribution >= 0.6 is 0 Å². The molecule has 1 aromatic carbocycles. The number of hydrogen-bond donors (Lipinski definition) is 1. The topological polar surface area (TPSA) is 35.6 Å². The van der Waals surface area contributed by atoms with Crippen LogP contribution in [0.3, 0.4) is 0 Å². The maximum absolute atomic E-state index is 12.0. The van der Waals surface area contributed by atoms with Gasteiger partial charge in [0, 0.05) is 44.0 Å². The van der Waals surface area contributed by atoms with Crippen molar-refractivity contribution in [1.29, 1.82) is 0 Å². The van der Waals surface area contributed by atoms with Gasteiger partial charge in [-0.15, -0.1) is 0 Å². The molecule has 2 heterocycles. The fourth-order valence-corrected chi connectivity index (χ4v) is 3.59. The van der Waals surface area contributed by atoms with Crippen LogP contribution in [0.2, 0.25) is 0 Å². The number of nitrogens with one attached hydrogen (secondary N) is 1. The van der Waals surface area contributed by atoms with Crippen molar-refractivity contribution < 1.29 is 4.79 Å². The van der Waals surface area contributed by atoms with Crippen LogP contribution < -0.4 is 5.32 Å². The van der Waals surface area contributed by atoms with Crippen LogP contribution in [0.15, 0.2) is 24.3 Å². The van der Waals surface area contributed by atoms with Gasteiger partial charge in [0.2, 0.25) is 0 Å². The minimum absolute atomic E-state index is 0.0595. The lowest BCUT2D eigenvalue weighted by Crippen LogP contribution is -2.42. The van der Waals surface area contributed by atoms with Crippen molar-refractivity contribution in [3.05, 3.63) is 29.8 Å². The molecule has 21 heavy (non-hydrogen) atoms. The second-order valence-electron chi connectivity index (χ2n) is 6.48. The molecule has 0 saturated carbocycles. The Bertz CT molecular complexity index is 515. The van der Waals surface area contributed by atoms with E-state index in [1.54, 1.807) is 19.0 Å². The normalized spacial score (nSPS) is 25.4. The van der Waals surface area contributed by atoms with Gasteiger partial charge in [0.25, 0.3) is 5.91 Å². The van der Waals surface area contributed by atoms with Gasteiger partial charge in [-0.3, -0.25) is 4.79 Å². The summed E-state index contributed by atoms with van der Waals surface area (Å²) in [7, 11) is 3.58. The quantitative estimate of drug-likeness (QED) is 0.927. The van der Waals surface area contributed by atoms with Gasteiger partial charge in [-0.05, 0) is 50.4 Å². The molecule has 0 aliphatic carbocycles. The highest BCUT2D eigenvalue weighted by atomic mass is 16.2. The standard InChI is InChI=1S/C17H25N3O/c1-19(2)17(21)13-5-3-6-14(11-13)18-15-8-10-20-9-4-7-16(20)12-15/h3,5-6,11,15-16,18H,4,7-10,12H2,1-2H3. The van der Waals surface area contributed by atoms with Crippen LogP contribution in [0, 0.1) is 0 Å². The highest BCUT2D eigenvalue weighted by molar-refractivity contribution is 5.94. The van der Waals surface area contributed by atoms with Crippen LogP contribution in [0.5, 0.6) is 0 Å². The number of piperidine rings is 1. The number of benzene rings is 1. The third-order valence-electron chi connectivity index (χ3n) is 4.71. The third kappa shape index (κ3) is 3.21. The third-order valence-corrected chi connectivity index (χ3v) is 4.71. The van der Waals surface area contributed by atoms with Crippen molar-refractivity contribution in [2.75, 3.05) is 32.5 Å². The van der Waals surface area contributed by atoms with Crippen molar-refractivity contribution in [3.63, 3.8) is 0 Å². The van der Waals surface area contributed by atoms with E-state index in [1.165, 1.54) is 38.8 Å². The second-order valence-corrected chi connectivity index (χ2v) is 6.48. The number of fused-ring (bicyclic) bond motifs is 1. The van der Waals surface area contributed by atoms with Gasteiger partial charge in [-0.2, -0.15) is 0 Å². The van der Waals surface area contributed by atoms with Gasteiger partial charge in [0.1, 0.15) is 0 Å². The molecule has 2 aliphatic heterocycles. The Morgan fingerprint density at radius 2 is 2.14 bits per heavy atom. The average molecular weight is 287 g/mol. The van der Waals surface area contributed by atoms with E-state index >= 15 is 0 Å². The smallest absolute Gasteiger partial charge is 0.253 e. The first kappa shape index (κ1) is 14.4. The average Bonchev–Trinajstić information content (AvgIpc) is 2.94. The van der Waals surface area contributed by atoms with Gasteiger partial charge < -0.3 is 15.1 Å². The number of carbonyl (C=O) groups is 1. The molecule has 1 amide bonds. The number of anilines is 1. The molecule has 0 aromatic heterocycles. The molecule has 3 rings (SSSR count). The Labute approximate surface area is 127 Å². The summed E-state index contributed by atoms with van der Waals surface area (Å²) in [5.41, 5.74) is 1.82. The fourth-order valence-electron chi connectivity index (χ4n) is 3.59. The monoisotopic (exact) mass is 287 g/mol. The molecule has 0 spiro atoms. The highest BCUT2D eigenvalue weighted by Crippen LogP contribution is 2.28. The van der Waals surface area contributed by atoms with E-state index in [0.29, 0.717) is 6.04 Å². The Morgan fingerprint density at radius 1 is 1.29 bits per heavy atom. The molecule has 2 saturated heterocycles. The van der Waals surface area contributed by atoms with Gasteiger partial charge in [0.15, 0.2) is 0 Å². The zero-order chi connectivity index (χ0) is 14.8. The molecule has 2 atom stereocenters. The van der Waals surface area contributed by atoms with E-state index in [4.69, 9.17) is 0 Å². The minimum atomic E-state index is 0.0595. The summed E-state index contributed by atoms with van der Waals surface area (Å²) >= 11 is 0. The molecule has 114 valence electrons. The van der Waals surface area contributed by atoms with E-state index in [0.717, 1.165) is 17.3 Å². The summed E-state index contributed by atoms with van der Waals surface area (Å²) in [4.78, 5) is 16.3. The van der Waals surface area contributed by atoms with Crippen LogP contribution in [0.1, 0.15) is 36.0 Å². The molecule has 1 N–H and O–H groups in total. The predicted octanol–water partition coefficient (Wildman–Crippen LogP) is 2.43. The Morgan fingerprint density at radius 3 is 2.95 bits per heavy atom. The van der Waals surface area contributed by atoms with Gasteiger partial charge in [0.05, 0.1) is 0 Å². The Balaban J connectivity index is 1.65. The molecule has 2 fully saturated rings. The molecule has 4 nitrogen and oxygen atoms in total. The molecular formula is C17H25N3O. The predicted molar refractivity (Wildman–Crippen MR) is 85.7 cm³/mol. The molecule has 0 bridgehead atoms. The largest absolute Gasteiger partial charge is 0.382 e. The number of hydrogen-bond acceptors (Lipinski definition) is 3. The number of nitrogens with zero attached hydrogens (tertiary/aromatic N) is 2. The van der Waals surface area contributed by atoms with Gasteiger partial charge >= 0.3 is 0 Å². The first-order valence-electron chi connectivity index (χ1n) is 7.96. The molecule has 2 unspecified atom stereocenters. The first-order valence-corrected chi connectivity index (χ1v) is 7.96.